The highest BCUT2D eigenvalue weighted by atomic mass is 35.5. The average molecular weight is 323 g/mol. The summed E-state index contributed by atoms with van der Waals surface area (Å²) in [6.45, 7) is 0. The monoisotopic (exact) mass is 322 g/mol. The van der Waals surface area contributed by atoms with Crippen LogP contribution in [-0.4, -0.2) is 20.9 Å². The predicted octanol–water partition coefficient (Wildman–Crippen LogP) is 4.09. The normalized spacial score (nSPS) is 10.8. The van der Waals surface area contributed by atoms with Crippen molar-refractivity contribution in [3.8, 4) is 16.9 Å². The molecule has 1 N–H and O–H groups in total. The van der Waals surface area contributed by atoms with Crippen LogP contribution in [0.2, 0.25) is 4.34 Å². The summed E-state index contributed by atoms with van der Waals surface area (Å²) in [4.78, 5) is 11.4. The number of benzene rings is 1. The molecular formula is C14H8ClFN2O2S. The number of carboxylic acids is 1. The summed E-state index contributed by atoms with van der Waals surface area (Å²) in [6, 6.07) is 7.42. The minimum Gasteiger partial charge on any atom is -0.478 e. The lowest BCUT2D eigenvalue weighted by atomic mass is 10.1. The molecule has 0 amide bonds. The fraction of sp³-hybridized carbons (Fsp3) is 0. The van der Waals surface area contributed by atoms with Crippen LogP contribution in [0.4, 0.5) is 4.39 Å². The molecular weight excluding hydrogens is 315 g/mol. The fourth-order valence-electron chi connectivity index (χ4n) is 1.93. The van der Waals surface area contributed by atoms with Crippen molar-refractivity contribution in [1.29, 1.82) is 0 Å². The molecule has 0 atom stereocenters. The zero-order chi connectivity index (χ0) is 15.0. The van der Waals surface area contributed by atoms with Crippen molar-refractivity contribution in [2.75, 3.05) is 0 Å². The molecule has 0 spiro atoms. The minimum absolute atomic E-state index is 0.0359. The number of nitrogens with zero attached hydrogens (tertiary/aromatic N) is 2. The van der Waals surface area contributed by atoms with Gasteiger partial charge in [-0.2, -0.15) is 5.10 Å². The van der Waals surface area contributed by atoms with E-state index < -0.39 is 11.8 Å². The quantitative estimate of drug-likeness (QED) is 0.790. The summed E-state index contributed by atoms with van der Waals surface area (Å²) in [5, 5.41) is 15.3. The molecule has 0 bridgehead atoms. The van der Waals surface area contributed by atoms with Crippen molar-refractivity contribution < 1.29 is 14.3 Å². The first-order valence-corrected chi connectivity index (χ1v) is 7.13. The number of aromatic carboxylic acids is 1. The number of rotatable bonds is 3. The Labute approximate surface area is 128 Å². The zero-order valence-corrected chi connectivity index (χ0v) is 12.0. The Morgan fingerprint density at radius 1 is 1.38 bits per heavy atom. The first-order chi connectivity index (χ1) is 10.0. The summed E-state index contributed by atoms with van der Waals surface area (Å²) in [5.74, 6) is -1.52. The first kappa shape index (κ1) is 13.8. The second kappa shape index (κ2) is 5.31. The van der Waals surface area contributed by atoms with Crippen LogP contribution in [0.3, 0.4) is 0 Å². The molecule has 0 aliphatic heterocycles. The van der Waals surface area contributed by atoms with Crippen molar-refractivity contribution in [2.45, 2.75) is 0 Å². The summed E-state index contributed by atoms with van der Waals surface area (Å²) >= 11 is 7.16. The zero-order valence-electron chi connectivity index (χ0n) is 10.5. The van der Waals surface area contributed by atoms with Gasteiger partial charge in [-0.3, -0.25) is 0 Å². The van der Waals surface area contributed by atoms with Gasteiger partial charge in [-0.1, -0.05) is 17.7 Å². The van der Waals surface area contributed by atoms with Gasteiger partial charge in [0.15, 0.2) is 0 Å². The van der Waals surface area contributed by atoms with Gasteiger partial charge < -0.3 is 5.11 Å². The van der Waals surface area contributed by atoms with Crippen LogP contribution < -0.4 is 0 Å². The van der Waals surface area contributed by atoms with E-state index >= 15 is 0 Å². The maximum absolute atomic E-state index is 13.3. The highest BCUT2D eigenvalue weighted by molar-refractivity contribution is 7.14. The summed E-state index contributed by atoms with van der Waals surface area (Å²) in [7, 11) is 0. The smallest absolute Gasteiger partial charge is 0.339 e. The highest BCUT2D eigenvalue weighted by Crippen LogP contribution is 2.30. The number of hydrogen-bond donors (Lipinski definition) is 1. The second-order valence-corrected chi connectivity index (χ2v) is 5.80. The van der Waals surface area contributed by atoms with E-state index in [2.05, 4.69) is 5.10 Å². The van der Waals surface area contributed by atoms with Crippen LogP contribution in [0, 0.1) is 5.82 Å². The Kier molecular flexibility index (Phi) is 3.48. The van der Waals surface area contributed by atoms with Gasteiger partial charge in [-0.05, 0) is 24.3 Å². The van der Waals surface area contributed by atoms with Gasteiger partial charge in [0.25, 0.3) is 0 Å². The lowest BCUT2D eigenvalue weighted by Crippen LogP contribution is -1.96. The Bertz CT molecular complexity index is 828. The molecule has 106 valence electrons. The van der Waals surface area contributed by atoms with E-state index in [1.165, 1.54) is 40.4 Å². The predicted molar refractivity (Wildman–Crippen MR) is 78.8 cm³/mol. The maximum Gasteiger partial charge on any atom is 0.339 e. The third-order valence-corrected chi connectivity index (χ3v) is 3.95. The lowest BCUT2D eigenvalue weighted by Gasteiger charge is -2.00. The number of carboxylic acid groups (broad SMARTS) is 1. The van der Waals surface area contributed by atoms with Gasteiger partial charge in [0.1, 0.15) is 17.1 Å². The van der Waals surface area contributed by atoms with E-state index in [0.29, 0.717) is 21.3 Å². The van der Waals surface area contributed by atoms with Crippen LogP contribution >= 0.6 is 22.9 Å². The number of aromatic nitrogens is 2. The highest BCUT2D eigenvalue weighted by Gasteiger charge is 2.18. The molecule has 0 aliphatic carbocycles. The SMILES string of the molecule is O=C(O)c1cn(-c2cccc(F)c2)nc1-c1csc(Cl)c1. The molecule has 21 heavy (non-hydrogen) atoms. The number of carbonyl (C=O) groups is 1. The molecule has 0 radical (unpaired) electrons. The van der Waals surface area contributed by atoms with Crippen LogP contribution in [-0.2, 0) is 0 Å². The van der Waals surface area contributed by atoms with E-state index in [9.17, 15) is 14.3 Å². The molecule has 0 fully saturated rings. The van der Waals surface area contributed by atoms with Gasteiger partial charge in [-0.15, -0.1) is 11.3 Å². The Morgan fingerprint density at radius 3 is 2.81 bits per heavy atom. The third kappa shape index (κ3) is 2.68. The number of halogens is 2. The maximum atomic E-state index is 13.3. The van der Waals surface area contributed by atoms with Gasteiger partial charge >= 0.3 is 5.97 Å². The van der Waals surface area contributed by atoms with Gasteiger partial charge in [0, 0.05) is 17.1 Å². The lowest BCUT2D eigenvalue weighted by molar-refractivity contribution is 0.0697. The van der Waals surface area contributed by atoms with E-state index in [-0.39, 0.29) is 5.56 Å². The number of hydrogen-bond acceptors (Lipinski definition) is 3. The van der Waals surface area contributed by atoms with Crippen molar-refractivity contribution in [3.63, 3.8) is 0 Å². The van der Waals surface area contributed by atoms with Gasteiger partial charge in [0.2, 0.25) is 0 Å². The fourth-order valence-corrected chi connectivity index (χ4v) is 2.79. The molecule has 0 unspecified atom stereocenters. The van der Waals surface area contributed by atoms with Crippen molar-refractivity contribution >= 4 is 28.9 Å². The third-order valence-electron chi connectivity index (χ3n) is 2.86. The Morgan fingerprint density at radius 2 is 2.19 bits per heavy atom. The van der Waals surface area contributed by atoms with Crippen LogP contribution in [0.5, 0.6) is 0 Å². The first-order valence-electron chi connectivity index (χ1n) is 5.88. The van der Waals surface area contributed by atoms with Crippen molar-refractivity contribution in [2.24, 2.45) is 0 Å². The van der Waals surface area contributed by atoms with Crippen molar-refractivity contribution in [1.82, 2.24) is 9.78 Å². The van der Waals surface area contributed by atoms with Crippen LogP contribution in [0.25, 0.3) is 16.9 Å². The Hall–Kier alpha value is -2.18. The van der Waals surface area contributed by atoms with Crippen molar-refractivity contribution in [3.05, 3.63) is 57.6 Å². The largest absolute Gasteiger partial charge is 0.478 e. The molecule has 7 heteroatoms. The standard InChI is InChI=1S/C14H8ClFN2O2S/c15-12-4-8(7-21-12)13-11(14(19)20)6-18(17-13)10-3-1-2-9(16)5-10/h1-7H,(H,19,20). The summed E-state index contributed by atoms with van der Waals surface area (Å²) in [6.07, 6.45) is 1.36. The van der Waals surface area contributed by atoms with E-state index in [1.54, 1.807) is 17.5 Å². The van der Waals surface area contributed by atoms with E-state index in [0.717, 1.165) is 0 Å². The average Bonchev–Trinajstić information content (AvgIpc) is 3.04. The van der Waals surface area contributed by atoms with E-state index in [4.69, 9.17) is 11.6 Å². The molecule has 2 heterocycles. The molecule has 3 aromatic rings. The van der Waals surface area contributed by atoms with Crippen LogP contribution in [0.15, 0.2) is 41.9 Å². The van der Waals surface area contributed by atoms with Gasteiger partial charge in [-0.25, -0.2) is 13.9 Å². The van der Waals surface area contributed by atoms with Crippen LogP contribution in [0.1, 0.15) is 10.4 Å². The molecule has 0 saturated carbocycles. The van der Waals surface area contributed by atoms with E-state index in [1.807, 2.05) is 0 Å². The number of thiophene rings is 1. The molecule has 3 rings (SSSR count). The molecule has 0 aliphatic rings. The molecule has 2 aromatic heterocycles. The van der Waals surface area contributed by atoms with Gasteiger partial charge in [0.05, 0.1) is 10.0 Å². The summed E-state index contributed by atoms with van der Waals surface area (Å²) in [5.41, 5.74) is 1.41. The Balaban J connectivity index is 2.15. The summed E-state index contributed by atoms with van der Waals surface area (Å²) < 4.78 is 15.2. The minimum atomic E-state index is -1.10. The molecule has 0 saturated heterocycles. The molecule has 1 aromatic carbocycles. The second-order valence-electron chi connectivity index (χ2n) is 4.26. The topological polar surface area (TPSA) is 55.1 Å². The molecule has 4 nitrogen and oxygen atoms in total.